The number of nitrogens with one attached hydrogen (secondary N) is 2. The second-order valence-electron chi connectivity index (χ2n) is 8.13. The summed E-state index contributed by atoms with van der Waals surface area (Å²) in [6.45, 7) is 8.29. The number of aromatic nitrogens is 3. The minimum Gasteiger partial charge on any atom is -0.381 e. The molecule has 0 saturated carbocycles. The van der Waals surface area contributed by atoms with Gasteiger partial charge in [0.05, 0.1) is 5.56 Å². The monoisotopic (exact) mass is 408 g/mol. The van der Waals surface area contributed by atoms with Gasteiger partial charge in [0, 0.05) is 54.8 Å². The normalized spacial score (nSPS) is 14.9. The minimum atomic E-state index is -0.185. The molecule has 0 spiro atoms. The standard InChI is InChI=1S/C23H28N4O3/c1-14-11-15(2)26-22(28)19(14)12-25-23(29)20-16(3)27(13-17-6-9-30-10-7-17)21-18(20)5-4-8-24-21/h4-5,8,11,17H,6-7,9-10,12-13H2,1-3H3,(H,25,29)(H,26,28). The van der Waals surface area contributed by atoms with Gasteiger partial charge >= 0.3 is 0 Å². The molecule has 3 aromatic heterocycles. The van der Waals surface area contributed by atoms with Crippen LogP contribution in [0.25, 0.3) is 11.0 Å². The Hall–Kier alpha value is -2.93. The second-order valence-corrected chi connectivity index (χ2v) is 8.13. The fraction of sp³-hybridized carbons (Fsp3) is 0.435. The number of aryl methyl sites for hydroxylation is 2. The molecule has 4 heterocycles. The SMILES string of the molecule is Cc1cc(C)c(CNC(=O)c2c(C)n(CC3CCOCC3)c3ncccc23)c(=O)[nH]1. The smallest absolute Gasteiger partial charge is 0.254 e. The van der Waals surface area contributed by atoms with Crippen LogP contribution < -0.4 is 10.9 Å². The van der Waals surface area contributed by atoms with E-state index in [0.717, 1.165) is 60.6 Å². The van der Waals surface area contributed by atoms with Crippen molar-refractivity contribution in [2.75, 3.05) is 13.2 Å². The zero-order valence-corrected chi connectivity index (χ0v) is 17.7. The molecule has 0 radical (unpaired) electrons. The minimum absolute atomic E-state index is 0.159. The number of ether oxygens (including phenoxy) is 1. The molecule has 0 unspecified atom stereocenters. The summed E-state index contributed by atoms with van der Waals surface area (Å²) in [5, 5.41) is 3.79. The quantitative estimate of drug-likeness (QED) is 0.679. The Labute approximate surface area is 175 Å². The molecule has 7 nitrogen and oxygen atoms in total. The van der Waals surface area contributed by atoms with Crippen molar-refractivity contribution in [3.63, 3.8) is 0 Å². The van der Waals surface area contributed by atoms with E-state index in [-0.39, 0.29) is 18.0 Å². The van der Waals surface area contributed by atoms with E-state index in [1.54, 1.807) is 6.20 Å². The van der Waals surface area contributed by atoms with Crippen LogP contribution in [0.4, 0.5) is 0 Å². The largest absolute Gasteiger partial charge is 0.381 e. The summed E-state index contributed by atoms with van der Waals surface area (Å²) >= 11 is 0. The lowest BCUT2D eigenvalue weighted by Crippen LogP contribution is -2.28. The fourth-order valence-corrected chi connectivity index (χ4v) is 4.35. The summed E-state index contributed by atoms with van der Waals surface area (Å²) < 4.78 is 7.64. The van der Waals surface area contributed by atoms with E-state index in [1.807, 2.05) is 39.0 Å². The van der Waals surface area contributed by atoms with Crippen molar-refractivity contribution in [3.8, 4) is 0 Å². The van der Waals surface area contributed by atoms with Gasteiger partial charge in [-0.05, 0) is 63.3 Å². The van der Waals surface area contributed by atoms with Crippen LogP contribution in [0.3, 0.4) is 0 Å². The van der Waals surface area contributed by atoms with Crippen LogP contribution >= 0.6 is 0 Å². The van der Waals surface area contributed by atoms with Gasteiger partial charge in [-0.15, -0.1) is 0 Å². The highest BCUT2D eigenvalue weighted by Gasteiger charge is 2.23. The molecule has 3 aromatic rings. The highest BCUT2D eigenvalue weighted by molar-refractivity contribution is 6.07. The molecule has 1 aliphatic rings. The number of fused-ring (bicyclic) bond motifs is 1. The maximum absolute atomic E-state index is 13.2. The van der Waals surface area contributed by atoms with Crippen LogP contribution in [0, 0.1) is 26.7 Å². The van der Waals surface area contributed by atoms with Gasteiger partial charge in [0.2, 0.25) is 0 Å². The average Bonchev–Trinajstić information content (AvgIpc) is 2.99. The zero-order chi connectivity index (χ0) is 21.3. The third-order valence-electron chi connectivity index (χ3n) is 6.01. The predicted molar refractivity (Wildman–Crippen MR) is 116 cm³/mol. The van der Waals surface area contributed by atoms with Gasteiger partial charge in [0.15, 0.2) is 0 Å². The highest BCUT2D eigenvalue weighted by Crippen LogP contribution is 2.27. The molecule has 1 aliphatic heterocycles. The maximum atomic E-state index is 13.2. The van der Waals surface area contributed by atoms with Crippen LogP contribution in [-0.2, 0) is 17.8 Å². The van der Waals surface area contributed by atoms with Gasteiger partial charge in [-0.1, -0.05) is 0 Å². The Morgan fingerprint density at radius 2 is 2.07 bits per heavy atom. The molecule has 0 aromatic carbocycles. The van der Waals surface area contributed by atoms with Crippen molar-refractivity contribution in [1.29, 1.82) is 0 Å². The van der Waals surface area contributed by atoms with Crippen LogP contribution in [-0.4, -0.2) is 33.7 Å². The average molecular weight is 409 g/mol. The zero-order valence-electron chi connectivity index (χ0n) is 17.7. The summed E-state index contributed by atoms with van der Waals surface area (Å²) in [7, 11) is 0. The molecule has 158 valence electrons. The van der Waals surface area contributed by atoms with Gasteiger partial charge in [-0.2, -0.15) is 0 Å². The highest BCUT2D eigenvalue weighted by atomic mass is 16.5. The number of rotatable bonds is 5. The number of aromatic amines is 1. The van der Waals surface area contributed by atoms with E-state index in [1.165, 1.54) is 0 Å². The lowest BCUT2D eigenvalue weighted by atomic mass is 10.0. The lowest BCUT2D eigenvalue weighted by molar-refractivity contribution is 0.0614. The number of carbonyl (C=O) groups excluding carboxylic acids is 1. The van der Waals surface area contributed by atoms with Gasteiger partial charge in [-0.3, -0.25) is 9.59 Å². The molecule has 7 heteroatoms. The molecular formula is C23H28N4O3. The van der Waals surface area contributed by atoms with Crippen molar-refractivity contribution < 1.29 is 9.53 Å². The Bertz CT molecular complexity index is 1140. The van der Waals surface area contributed by atoms with E-state index in [9.17, 15) is 9.59 Å². The Kier molecular flexibility index (Phi) is 5.72. The Morgan fingerprint density at radius 1 is 1.30 bits per heavy atom. The summed E-state index contributed by atoms with van der Waals surface area (Å²) in [4.78, 5) is 32.8. The van der Waals surface area contributed by atoms with Crippen molar-refractivity contribution in [3.05, 3.63) is 62.8 Å². The molecular weight excluding hydrogens is 380 g/mol. The molecule has 1 saturated heterocycles. The Balaban J connectivity index is 1.63. The first-order valence-corrected chi connectivity index (χ1v) is 10.4. The first-order chi connectivity index (χ1) is 14.5. The number of amides is 1. The van der Waals surface area contributed by atoms with Crippen molar-refractivity contribution in [2.24, 2.45) is 5.92 Å². The van der Waals surface area contributed by atoms with E-state index in [2.05, 4.69) is 19.9 Å². The van der Waals surface area contributed by atoms with Gasteiger partial charge < -0.3 is 19.6 Å². The van der Waals surface area contributed by atoms with E-state index < -0.39 is 0 Å². The van der Waals surface area contributed by atoms with Crippen LogP contribution in [0.1, 0.15) is 45.7 Å². The molecule has 1 amide bonds. The molecule has 1 fully saturated rings. The lowest BCUT2D eigenvalue weighted by Gasteiger charge is -2.23. The van der Waals surface area contributed by atoms with Crippen LogP contribution in [0.5, 0.6) is 0 Å². The Morgan fingerprint density at radius 3 is 2.80 bits per heavy atom. The summed E-state index contributed by atoms with van der Waals surface area (Å²) in [5.41, 5.74) is 4.47. The van der Waals surface area contributed by atoms with E-state index in [0.29, 0.717) is 17.0 Å². The number of H-pyrrole nitrogens is 1. The maximum Gasteiger partial charge on any atom is 0.254 e. The van der Waals surface area contributed by atoms with E-state index in [4.69, 9.17) is 4.74 Å². The van der Waals surface area contributed by atoms with Crippen molar-refractivity contribution in [1.82, 2.24) is 19.9 Å². The molecule has 30 heavy (non-hydrogen) atoms. The molecule has 0 bridgehead atoms. The summed E-state index contributed by atoms with van der Waals surface area (Å²) in [6.07, 6.45) is 3.80. The third kappa shape index (κ3) is 3.89. The topological polar surface area (TPSA) is 89.0 Å². The molecule has 0 aliphatic carbocycles. The molecule has 2 N–H and O–H groups in total. The summed E-state index contributed by atoms with van der Waals surface area (Å²) in [5.74, 6) is 0.329. The van der Waals surface area contributed by atoms with Crippen LogP contribution in [0.2, 0.25) is 0 Å². The first-order valence-electron chi connectivity index (χ1n) is 10.4. The van der Waals surface area contributed by atoms with Gasteiger partial charge in [-0.25, -0.2) is 4.98 Å². The fourth-order valence-electron chi connectivity index (χ4n) is 4.35. The van der Waals surface area contributed by atoms with Gasteiger partial charge in [0.25, 0.3) is 11.5 Å². The second kappa shape index (κ2) is 8.44. The molecule has 0 atom stereocenters. The van der Waals surface area contributed by atoms with Gasteiger partial charge in [0.1, 0.15) is 5.65 Å². The third-order valence-corrected chi connectivity index (χ3v) is 6.01. The first kappa shape index (κ1) is 20.3. The van der Waals surface area contributed by atoms with Crippen molar-refractivity contribution in [2.45, 2.75) is 46.7 Å². The summed E-state index contributed by atoms with van der Waals surface area (Å²) in [6, 6.07) is 5.71. The molecule has 4 rings (SSSR count). The number of hydrogen-bond donors (Lipinski definition) is 2. The number of pyridine rings is 2. The van der Waals surface area contributed by atoms with Crippen molar-refractivity contribution >= 4 is 16.9 Å². The van der Waals surface area contributed by atoms with E-state index >= 15 is 0 Å². The number of hydrogen-bond acceptors (Lipinski definition) is 4. The number of carbonyl (C=O) groups is 1. The predicted octanol–water partition coefficient (Wildman–Crippen LogP) is 3.01. The number of nitrogens with zero attached hydrogens (tertiary/aromatic N) is 2. The van der Waals surface area contributed by atoms with Crippen LogP contribution in [0.15, 0.2) is 29.2 Å².